The van der Waals surface area contributed by atoms with Crippen LogP contribution < -0.4 is 9.46 Å². The fourth-order valence-corrected chi connectivity index (χ4v) is 3.37. The van der Waals surface area contributed by atoms with Crippen molar-refractivity contribution in [3.63, 3.8) is 0 Å². The highest BCUT2D eigenvalue weighted by molar-refractivity contribution is 7.92. The molecule has 0 aliphatic carbocycles. The normalized spacial score (nSPS) is 11.2. The Hall–Kier alpha value is -2.80. The standard InChI is InChI=1S/C17H16N2O4S/c1-12-16(19-24(20,21)15-6-4-3-5-7-15)17(18-23-12)13-8-10-14(22-2)11-9-13/h3-11,19H,1-2H3. The summed E-state index contributed by atoms with van der Waals surface area (Å²) in [6.45, 7) is 1.66. The SMILES string of the molecule is COc1ccc(-c2noc(C)c2NS(=O)(=O)c2ccccc2)cc1. The third-order valence-electron chi connectivity index (χ3n) is 3.52. The second-order valence-corrected chi connectivity index (χ2v) is 6.79. The first-order valence-electron chi connectivity index (χ1n) is 7.20. The predicted molar refractivity (Wildman–Crippen MR) is 90.5 cm³/mol. The van der Waals surface area contributed by atoms with Gasteiger partial charge < -0.3 is 9.26 Å². The van der Waals surface area contributed by atoms with Crippen LogP contribution in [0.1, 0.15) is 5.76 Å². The molecule has 0 aliphatic rings. The highest BCUT2D eigenvalue weighted by Gasteiger charge is 2.21. The zero-order valence-corrected chi connectivity index (χ0v) is 14.0. The molecular formula is C17H16N2O4S. The molecule has 0 amide bonds. The van der Waals surface area contributed by atoms with E-state index in [2.05, 4.69) is 9.88 Å². The quantitative estimate of drug-likeness (QED) is 0.766. The monoisotopic (exact) mass is 344 g/mol. The molecule has 0 fully saturated rings. The summed E-state index contributed by atoms with van der Waals surface area (Å²) in [5, 5.41) is 3.98. The molecule has 0 radical (unpaired) electrons. The molecule has 0 aliphatic heterocycles. The molecule has 0 atom stereocenters. The zero-order valence-electron chi connectivity index (χ0n) is 13.2. The van der Waals surface area contributed by atoms with Gasteiger partial charge >= 0.3 is 0 Å². The van der Waals surface area contributed by atoms with Crippen LogP contribution in [0, 0.1) is 6.92 Å². The first-order valence-corrected chi connectivity index (χ1v) is 8.68. The van der Waals surface area contributed by atoms with E-state index in [1.165, 1.54) is 12.1 Å². The van der Waals surface area contributed by atoms with E-state index < -0.39 is 10.0 Å². The van der Waals surface area contributed by atoms with Crippen LogP contribution in [0.5, 0.6) is 5.75 Å². The Kier molecular flexibility index (Phi) is 4.26. The number of benzene rings is 2. The molecule has 3 aromatic rings. The van der Waals surface area contributed by atoms with Crippen molar-refractivity contribution in [3.05, 3.63) is 60.4 Å². The minimum absolute atomic E-state index is 0.172. The lowest BCUT2D eigenvalue weighted by atomic mass is 10.1. The topological polar surface area (TPSA) is 81.4 Å². The number of methoxy groups -OCH3 is 1. The van der Waals surface area contributed by atoms with Gasteiger partial charge in [-0.15, -0.1) is 0 Å². The molecule has 0 unspecified atom stereocenters. The zero-order chi connectivity index (χ0) is 17.2. The molecule has 24 heavy (non-hydrogen) atoms. The van der Waals surface area contributed by atoms with Crippen LogP contribution >= 0.6 is 0 Å². The van der Waals surface area contributed by atoms with Gasteiger partial charge in [-0.1, -0.05) is 23.4 Å². The Morgan fingerprint density at radius 1 is 1.04 bits per heavy atom. The first kappa shape index (κ1) is 16.1. The lowest BCUT2D eigenvalue weighted by Gasteiger charge is -2.08. The minimum atomic E-state index is -3.72. The Bertz CT molecular complexity index is 932. The van der Waals surface area contributed by atoms with Gasteiger partial charge in [0.1, 0.15) is 17.1 Å². The molecule has 124 valence electrons. The number of hydrogen-bond donors (Lipinski definition) is 1. The summed E-state index contributed by atoms with van der Waals surface area (Å²) in [6, 6.07) is 15.3. The van der Waals surface area contributed by atoms with Gasteiger partial charge in [-0.2, -0.15) is 0 Å². The van der Waals surface area contributed by atoms with E-state index in [0.29, 0.717) is 22.9 Å². The lowest BCUT2D eigenvalue weighted by Crippen LogP contribution is -2.13. The van der Waals surface area contributed by atoms with Gasteiger partial charge in [0.15, 0.2) is 5.76 Å². The highest BCUT2D eigenvalue weighted by atomic mass is 32.2. The van der Waals surface area contributed by atoms with E-state index in [4.69, 9.17) is 9.26 Å². The van der Waals surface area contributed by atoms with Crippen LogP contribution in [-0.4, -0.2) is 20.7 Å². The van der Waals surface area contributed by atoms with E-state index in [-0.39, 0.29) is 4.90 Å². The summed E-state index contributed by atoms with van der Waals surface area (Å²) in [7, 11) is -2.15. The summed E-state index contributed by atoms with van der Waals surface area (Å²) in [4.78, 5) is 0.172. The van der Waals surface area contributed by atoms with Crippen molar-refractivity contribution < 1.29 is 17.7 Å². The molecular weight excluding hydrogens is 328 g/mol. The highest BCUT2D eigenvalue weighted by Crippen LogP contribution is 2.32. The van der Waals surface area contributed by atoms with Crippen LogP contribution in [-0.2, 0) is 10.0 Å². The first-order chi connectivity index (χ1) is 11.5. The minimum Gasteiger partial charge on any atom is -0.497 e. The maximum atomic E-state index is 12.5. The van der Waals surface area contributed by atoms with Crippen LogP contribution in [0.25, 0.3) is 11.3 Å². The number of aryl methyl sites for hydroxylation is 1. The molecule has 1 heterocycles. The van der Waals surface area contributed by atoms with Crippen molar-refractivity contribution in [2.75, 3.05) is 11.8 Å². The number of nitrogens with zero attached hydrogens (tertiary/aromatic N) is 1. The fraction of sp³-hybridized carbons (Fsp3) is 0.118. The Morgan fingerprint density at radius 3 is 2.33 bits per heavy atom. The molecule has 0 spiro atoms. The molecule has 1 N–H and O–H groups in total. The number of anilines is 1. The van der Waals surface area contributed by atoms with E-state index >= 15 is 0 Å². The Morgan fingerprint density at radius 2 is 1.71 bits per heavy atom. The molecule has 0 bridgehead atoms. The van der Waals surface area contributed by atoms with E-state index in [0.717, 1.165) is 5.56 Å². The van der Waals surface area contributed by atoms with Crippen LogP contribution in [0.3, 0.4) is 0 Å². The van der Waals surface area contributed by atoms with Crippen molar-refractivity contribution in [1.82, 2.24) is 5.16 Å². The largest absolute Gasteiger partial charge is 0.497 e. The molecule has 0 saturated heterocycles. The van der Waals surface area contributed by atoms with Gasteiger partial charge in [0.05, 0.1) is 12.0 Å². The third kappa shape index (κ3) is 3.11. The second kappa shape index (κ2) is 6.37. The maximum absolute atomic E-state index is 12.5. The summed E-state index contributed by atoms with van der Waals surface area (Å²) in [6.07, 6.45) is 0. The lowest BCUT2D eigenvalue weighted by molar-refractivity contribution is 0.400. The average Bonchev–Trinajstić information content (AvgIpc) is 2.96. The van der Waals surface area contributed by atoms with Crippen molar-refractivity contribution >= 4 is 15.7 Å². The smallest absolute Gasteiger partial charge is 0.262 e. The maximum Gasteiger partial charge on any atom is 0.262 e. The summed E-state index contributed by atoms with van der Waals surface area (Å²) in [5.74, 6) is 1.09. The molecule has 1 aromatic heterocycles. The van der Waals surface area contributed by atoms with Gasteiger partial charge in [-0.3, -0.25) is 4.72 Å². The van der Waals surface area contributed by atoms with Crippen molar-refractivity contribution in [2.24, 2.45) is 0 Å². The molecule has 0 saturated carbocycles. The van der Waals surface area contributed by atoms with Gasteiger partial charge in [-0.05, 0) is 43.3 Å². The fourth-order valence-electron chi connectivity index (χ4n) is 2.23. The number of aromatic nitrogens is 1. The van der Waals surface area contributed by atoms with Crippen molar-refractivity contribution in [2.45, 2.75) is 11.8 Å². The molecule has 7 heteroatoms. The van der Waals surface area contributed by atoms with E-state index in [9.17, 15) is 8.42 Å². The van der Waals surface area contributed by atoms with E-state index in [1.54, 1.807) is 56.5 Å². The number of hydrogen-bond acceptors (Lipinski definition) is 5. The van der Waals surface area contributed by atoms with E-state index in [1.807, 2.05) is 0 Å². The Labute approximate surface area is 140 Å². The number of ether oxygens (including phenoxy) is 1. The molecule has 2 aromatic carbocycles. The number of nitrogens with one attached hydrogen (secondary N) is 1. The summed E-state index contributed by atoms with van der Waals surface area (Å²) < 4.78 is 37.9. The van der Waals surface area contributed by atoms with Crippen molar-refractivity contribution in [1.29, 1.82) is 0 Å². The van der Waals surface area contributed by atoms with Crippen LogP contribution in [0.15, 0.2) is 64.0 Å². The number of sulfonamides is 1. The van der Waals surface area contributed by atoms with Crippen molar-refractivity contribution in [3.8, 4) is 17.0 Å². The van der Waals surface area contributed by atoms with Gasteiger partial charge in [0, 0.05) is 5.56 Å². The van der Waals surface area contributed by atoms with Gasteiger partial charge in [0.2, 0.25) is 0 Å². The van der Waals surface area contributed by atoms with Crippen LogP contribution in [0.4, 0.5) is 5.69 Å². The third-order valence-corrected chi connectivity index (χ3v) is 4.88. The Balaban J connectivity index is 1.99. The second-order valence-electron chi connectivity index (χ2n) is 5.11. The van der Waals surface area contributed by atoms with Gasteiger partial charge in [-0.25, -0.2) is 8.42 Å². The molecule has 3 rings (SSSR count). The molecule has 6 nitrogen and oxygen atoms in total. The van der Waals surface area contributed by atoms with Gasteiger partial charge in [0.25, 0.3) is 10.0 Å². The summed E-state index contributed by atoms with van der Waals surface area (Å²) >= 11 is 0. The average molecular weight is 344 g/mol. The summed E-state index contributed by atoms with van der Waals surface area (Å²) in [5.41, 5.74) is 1.47. The predicted octanol–water partition coefficient (Wildman–Crippen LogP) is 3.46. The number of rotatable bonds is 5. The van der Waals surface area contributed by atoms with Crippen LogP contribution in [0.2, 0.25) is 0 Å².